The van der Waals surface area contributed by atoms with Crippen molar-refractivity contribution in [1.82, 2.24) is 10.2 Å². The van der Waals surface area contributed by atoms with E-state index in [-0.39, 0.29) is 36.8 Å². The topological polar surface area (TPSA) is 97.1 Å². The van der Waals surface area contributed by atoms with Crippen molar-refractivity contribution in [3.8, 4) is 11.5 Å². The van der Waals surface area contributed by atoms with Gasteiger partial charge in [-0.2, -0.15) is 0 Å². The first-order chi connectivity index (χ1) is 18.4. The second-order valence-corrected chi connectivity index (χ2v) is 10.3. The number of benzene rings is 3. The lowest BCUT2D eigenvalue weighted by Gasteiger charge is -2.32. The summed E-state index contributed by atoms with van der Waals surface area (Å²) < 4.78 is 11.6. The Balaban J connectivity index is 1.33. The van der Waals surface area contributed by atoms with Crippen LogP contribution in [0.25, 0.3) is 0 Å². The van der Waals surface area contributed by atoms with Crippen molar-refractivity contribution in [1.29, 1.82) is 0 Å². The number of nitrogen functional groups attached to an aromatic ring is 1. The molecule has 3 aromatic carbocycles. The number of para-hydroxylation sites is 1. The van der Waals surface area contributed by atoms with E-state index in [2.05, 4.69) is 16.3 Å². The van der Waals surface area contributed by atoms with Crippen LogP contribution in [-0.4, -0.2) is 48.3 Å². The van der Waals surface area contributed by atoms with Gasteiger partial charge in [0, 0.05) is 52.9 Å². The van der Waals surface area contributed by atoms with Crippen LogP contribution in [-0.2, 0) is 13.2 Å². The standard InChI is InChI=1S/C28H30Cl3N3O4/c29-22-5-3-6-23(30)21(22)17-38-26-7-2-1-4-18(26)16-34-10-8-19(9-11-34)33-28(36)20-14-24(31)25(32)15-27(20)37-13-12-35/h1-7,14-15,19,35H,8-13,16-17,32H2,(H,33,36). The molecule has 0 radical (unpaired) electrons. The lowest BCUT2D eigenvalue weighted by atomic mass is 10.0. The van der Waals surface area contributed by atoms with E-state index in [0.717, 1.165) is 49.4 Å². The summed E-state index contributed by atoms with van der Waals surface area (Å²) in [5.74, 6) is 0.801. The van der Waals surface area contributed by atoms with Gasteiger partial charge in [0.1, 0.15) is 24.7 Å². The first kappa shape index (κ1) is 28.3. The van der Waals surface area contributed by atoms with Gasteiger partial charge in [-0.1, -0.05) is 59.1 Å². The van der Waals surface area contributed by atoms with Crippen LogP contribution in [0.4, 0.5) is 5.69 Å². The first-order valence-electron chi connectivity index (χ1n) is 12.3. The van der Waals surface area contributed by atoms with Gasteiger partial charge < -0.3 is 25.6 Å². The second-order valence-electron chi connectivity index (χ2n) is 9.06. The highest BCUT2D eigenvalue weighted by atomic mass is 35.5. The number of carbonyl (C=O) groups excluding carboxylic acids is 1. The number of nitrogens with two attached hydrogens (primary N) is 1. The SMILES string of the molecule is Nc1cc(OCCO)c(C(=O)NC2CCN(Cc3ccccc3OCc3c(Cl)cccc3Cl)CC2)cc1Cl. The molecule has 4 rings (SSSR count). The number of carbonyl (C=O) groups is 1. The maximum atomic E-state index is 13.0. The first-order valence-corrected chi connectivity index (χ1v) is 13.5. The molecule has 0 atom stereocenters. The summed E-state index contributed by atoms with van der Waals surface area (Å²) in [5, 5.41) is 13.6. The number of halogens is 3. The van der Waals surface area contributed by atoms with Gasteiger partial charge in [0.05, 0.1) is 22.9 Å². The third-order valence-electron chi connectivity index (χ3n) is 6.42. The largest absolute Gasteiger partial charge is 0.490 e. The minimum absolute atomic E-state index is 0.00892. The molecule has 1 aliphatic heterocycles. The van der Waals surface area contributed by atoms with Gasteiger partial charge in [-0.3, -0.25) is 9.69 Å². The Morgan fingerprint density at radius 3 is 2.39 bits per heavy atom. The Bertz CT molecular complexity index is 1250. The predicted octanol–water partition coefficient (Wildman–Crippen LogP) is 5.57. The molecule has 0 spiro atoms. The lowest BCUT2D eigenvalue weighted by Crippen LogP contribution is -2.44. The third kappa shape index (κ3) is 7.24. The Morgan fingerprint density at radius 2 is 1.68 bits per heavy atom. The predicted molar refractivity (Wildman–Crippen MR) is 151 cm³/mol. The highest BCUT2D eigenvalue weighted by molar-refractivity contribution is 6.36. The number of rotatable bonds is 10. The summed E-state index contributed by atoms with van der Waals surface area (Å²) in [6.45, 7) is 2.50. The number of nitrogens with one attached hydrogen (secondary N) is 1. The molecule has 0 saturated carbocycles. The van der Waals surface area contributed by atoms with Crippen molar-refractivity contribution in [2.24, 2.45) is 0 Å². The minimum atomic E-state index is -0.282. The Hall–Kier alpha value is -2.68. The number of aliphatic hydroxyl groups is 1. The van der Waals surface area contributed by atoms with Gasteiger partial charge in [-0.15, -0.1) is 0 Å². The fourth-order valence-electron chi connectivity index (χ4n) is 4.36. The van der Waals surface area contributed by atoms with Crippen molar-refractivity contribution in [3.05, 3.63) is 86.4 Å². The fourth-order valence-corrected chi connectivity index (χ4v) is 5.03. The number of ether oxygens (including phenoxy) is 2. The molecule has 3 aromatic rings. The lowest BCUT2D eigenvalue weighted by molar-refractivity contribution is 0.0903. The maximum absolute atomic E-state index is 13.0. The van der Waals surface area contributed by atoms with E-state index in [1.54, 1.807) is 12.1 Å². The number of amides is 1. The number of likely N-dealkylation sites (tertiary alicyclic amines) is 1. The summed E-state index contributed by atoms with van der Waals surface area (Å²) >= 11 is 18.7. The van der Waals surface area contributed by atoms with E-state index >= 15 is 0 Å². The molecule has 0 aliphatic carbocycles. The molecule has 202 valence electrons. The van der Waals surface area contributed by atoms with Gasteiger partial charge in [0.25, 0.3) is 5.91 Å². The summed E-state index contributed by atoms with van der Waals surface area (Å²) in [6, 6.07) is 16.4. The summed E-state index contributed by atoms with van der Waals surface area (Å²) in [6.07, 6.45) is 1.58. The van der Waals surface area contributed by atoms with Gasteiger partial charge in [0.2, 0.25) is 0 Å². The zero-order chi connectivity index (χ0) is 27.1. The summed E-state index contributed by atoms with van der Waals surface area (Å²) in [7, 11) is 0. The van der Waals surface area contributed by atoms with Crippen LogP contribution in [0, 0.1) is 0 Å². The van der Waals surface area contributed by atoms with Crippen molar-refractivity contribution in [3.63, 3.8) is 0 Å². The zero-order valence-electron chi connectivity index (χ0n) is 20.8. The zero-order valence-corrected chi connectivity index (χ0v) is 23.0. The van der Waals surface area contributed by atoms with E-state index in [9.17, 15) is 4.79 Å². The average Bonchev–Trinajstić information content (AvgIpc) is 2.90. The highest BCUT2D eigenvalue weighted by Gasteiger charge is 2.24. The second kappa shape index (κ2) is 13.4. The molecule has 1 heterocycles. The van der Waals surface area contributed by atoms with Crippen molar-refractivity contribution in [2.45, 2.75) is 32.0 Å². The molecule has 0 aromatic heterocycles. The van der Waals surface area contributed by atoms with Crippen LogP contribution in [0.2, 0.25) is 15.1 Å². The highest BCUT2D eigenvalue weighted by Crippen LogP contribution is 2.30. The normalized spacial score (nSPS) is 14.3. The monoisotopic (exact) mass is 577 g/mol. The fraction of sp³-hybridized carbons (Fsp3) is 0.321. The molecule has 7 nitrogen and oxygen atoms in total. The van der Waals surface area contributed by atoms with Crippen LogP contribution < -0.4 is 20.5 Å². The molecular weight excluding hydrogens is 549 g/mol. The Morgan fingerprint density at radius 1 is 0.974 bits per heavy atom. The summed E-state index contributed by atoms with van der Waals surface area (Å²) in [4.78, 5) is 15.3. The van der Waals surface area contributed by atoms with Crippen molar-refractivity contribution < 1.29 is 19.4 Å². The molecule has 1 amide bonds. The van der Waals surface area contributed by atoms with Crippen molar-refractivity contribution >= 4 is 46.4 Å². The van der Waals surface area contributed by atoms with E-state index in [1.165, 1.54) is 12.1 Å². The molecule has 1 aliphatic rings. The Kier molecular flexibility index (Phi) is 9.99. The van der Waals surface area contributed by atoms with Gasteiger partial charge in [0.15, 0.2) is 0 Å². The van der Waals surface area contributed by atoms with Crippen LogP contribution in [0.15, 0.2) is 54.6 Å². The number of hydrogen-bond acceptors (Lipinski definition) is 6. The van der Waals surface area contributed by atoms with Crippen LogP contribution in [0.3, 0.4) is 0 Å². The van der Waals surface area contributed by atoms with Crippen LogP contribution in [0.5, 0.6) is 11.5 Å². The van der Waals surface area contributed by atoms with Gasteiger partial charge in [-0.25, -0.2) is 0 Å². The molecule has 0 bridgehead atoms. The van der Waals surface area contributed by atoms with Gasteiger partial charge >= 0.3 is 0 Å². The number of nitrogens with zero attached hydrogens (tertiary/aromatic N) is 1. The van der Waals surface area contributed by atoms with E-state index in [0.29, 0.717) is 27.0 Å². The van der Waals surface area contributed by atoms with Crippen LogP contribution >= 0.6 is 34.8 Å². The number of hydrogen-bond donors (Lipinski definition) is 3. The van der Waals surface area contributed by atoms with E-state index in [4.69, 9.17) is 55.1 Å². The Labute approximate surface area is 237 Å². The smallest absolute Gasteiger partial charge is 0.255 e. The van der Waals surface area contributed by atoms with E-state index in [1.807, 2.05) is 24.3 Å². The van der Waals surface area contributed by atoms with Crippen molar-refractivity contribution in [2.75, 3.05) is 32.0 Å². The molecular formula is C28H30Cl3N3O4. The molecule has 4 N–H and O–H groups in total. The van der Waals surface area contributed by atoms with E-state index < -0.39 is 0 Å². The summed E-state index contributed by atoms with van der Waals surface area (Å²) in [5.41, 5.74) is 8.30. The number of anilines is 1. The minimum Gasteiger partial charge on any atom is -0.490 e. The molecule has 1 fully saturated rings. The average molecular weight is 579 g/mol. The molecule has 0 unspecified atom stereocenters. The number of aliphatic hydroxyl groups excluding tert-OH is 1. The maximum Gasteiger partial charge on any atom is 0.255 e. The van der Waals surface area contributed by atoms with Gasteiger partial charge in [-0.05, 0) is 37.1 Å². The quantitative estimate of drug-likeness (QED) is 0.272. The molecule has 1 saturated heterocycles. The third-order valence-corrected chi connectivity index (χ3v) is 7.45. The molecule has 38 heavy (non-hydrogen) atoms. The van der Waals surface area contributed by atoms with Crippen LogP contribution in [0.1, 0.15) is 34.3 Å². The molecule has 10 heteroatoms. The number of piperidine rings is 1.